The van der Waals surface area contributed by atoms with E-state index in [0.29, 0.717) is 0 Å². The third-order valence-electron chi connectivity index (χ3n) is 0.249. The fraction of sp³-hybridized carbons (Fsp3) is 0.167. The number of halogens is 1. The van der Waals surface area contributed by atoms with Crippen molar-refractivity contribution in [3.05, 3.63) is 25.7 Å². The van der Waals surface area contributed by atoms with Gasteiger partial charge in [0.2, 0.25) is 0 Å². The van der Waals surface area contributed by atoms with Gasteiger partial charge in [-0.2, -0.15) is 0 Å². The third-order valence-corrected chi connectivity index (χ3v) is 0.249. The van der Waals surface area contributed by atoms with Gasteiger partial charge in [0.1, 0.15) is 0 Å². The summed E-state index contributed by atoms with van der Waals surface area (Å²) in [5.74, 6) is -0.329. The van der Waals surface area contributed by atoms with Crippen molar-refractivity contribution in [3.8, 4) is 0 Å². The van der Waals surface area contributed by atoms with Gasteiger partial charge in [-0.05, 0) is 0 Å². The standard InChI is InChI=1S/C4H6O2.C2H4O.ClH/c1-3-6-4(2)5;1-2-3;/h3H,1H2,2H3;2-3H,1H2;1H. The Balaban J connectivity index is -0.000000107. The van der Waals surface area contributed by atoms with Crippen molar-refractivity contribution >= 4 is 18.4 Å². The number of carbonyl (C=O) groups is 1. The van der Waals surface area contributed by atoms with Crippen LogP contribution in [0.3, 0.4) is 0 Å². The topological polar surface area (TPSA) is 46.5 Å². The van der Waals surface area contributed by atoms with Crippen molar-refractivity contribution in [3.63, 3.8) is 0 Å². The highest BCUT2D eigenvalue weighted by Gasteiger charge is 1.79. The summed E-state index contributed by atoms with van der Waals surface area (Å²) in [7, 11) is 0. The first-order chi connectivity index (χ1) is 4.18. The van der Waals surface area contributed by atoms with Crippen LogP contribution in [0, 0.1) is 0 Å². The molecule has 0 aromatic heterocycles. The molecule has 0 aliphatic carbocycles. The molecular weight excluding hydrogens is 156 g/mol. The van der Waals surface area contributed by atoms with Crippen molar-refractivity contribution in [2.24, 2.45) is 0 Å². The highest BCUT2D eigenvalue weighted by atomic mass is 35.5. The molecule has 0 aromatic rings. The molecule has 3 nitrogen and oxygen atoms in total. The van der Waals surface area contributed by atoms with Crippen molar-refractivity contribution in [1.82, 2.24) is 0 Å². The van der Waals surface area contributed by atoms with Gasteiger partial charge in [-0.3, -0.25) is 4.79 Å². The van der Waals surface area contributed by atoms with Crippen LogP contribution in [0.25, 0.3) is 0 Å². The summed E-state index contributed by atoms with van der Waals surface area (Å²) >= 11 is 0. The van der Waals surface area contributed by atoms with Gasteiger partial charge in [0.05, 0.1) is 12.5 Å². The van der Waals surface area contributed by atoms with E-state index in [1.54, 1.807) is 0 Å². The Morgan fingerprint density at radius 2 is 1.90 bits per heavy atom. The maximum Gasteiger partial charge on any atom is 0.307 e. The van der Waals surface area contributed by atoms with E-state index in [-0.39, 0.29) is 18.4 Å². The lowest BCUT2D eigenvalue weighted by Gasteiger charge is -1.83. The molecule has 0 saturated heterocycles. The quantitative estimate of drug-likeness (QED) is 0.477. The molecule has 4 heteroatoms. The van der Waals surface area contributed by atoms with Gasteiger partial charge in [-0.25, -0.2) is 0 Å². The molecular formula is C6H11ClO3. The Kier molecular flexibility index (Phi) is 25.1. The molecule has 0 spiro atoms. The second-order valence-electron chi connectivity index (χ2n) is 0.959. The van der Waals surface area contributed by atoms with Crippen molar-refractivity contribution in [2.75, 3.05) is 0 Å². The van der Waals surface area contributed by atoms with Gasteiger partial charge in [0.25, 0.3) is 0 Å². The zero-order valence-electron chi connectivity index (χ0n) is 5.74. The second kappa shape index (κ2) is 15.7. The molecule has 0 atom stereocenters. The van der Waals surface area contributed by atoms with Crippen molar-refractivity contribution in [1.29, 1.82) is 0 Å². The van der Waals surface area contributed by atoms with Crippen LogP contribution < -0.4 is 0 Å². The number of hydrogen-bond acceptors (Lipinski definition) is 3. The van der Waals surface area contributed by atoms with E-state index in [2.05, 4.69) is 17.9 Å². The van der Waals surface area contributed by atoms with Gasteiger partial charge >= 0.3 is 5.97 Å². The van der Waals surface area contributed by atoms with E-state index in [4.69, 9.17) is 5.11 Å². The van der Waals surface area contributed by atoms with E-state index in [1.165, 1.54) is 6.92 Å². The van der Waals surface area contributed by atoms with Gasteiger partial charge < -0.3 is 9.84 Å². The van der Waals surface area contributed by atoms with E-state index in [0.717, 1.165) is 12.5 Å². The van der Waals surface area contributed by atoms with Gasteiger partial charge in [-0.1, -0.05) is 13.2 Å². The molecule has 0 fully saturated rings. The summed E-state index contributed by atoms with van der Waals surface area (Å²) in [4.78, 5) is 9.75. The zero-order chi connectivity index (χ0) is 7.70. The Morgan fingerprint density at radius 3 is 1.90 bits per heavy atom. The van der Waals surface area contributed by atoms with Gasteiger partial charge in [0, 0.05) is 6.92 Å². The molecule has 0 radical (unpaired) electrons. The van der Waals surface area contributed by atoms with Crippen LogP contribution in [0.15, 0.2) is 25.7 Å². The average Bonchev–Trinajstić information content (AvgIpc) is 1.67. The minimum Gasteiger partial charge on any atom is -0.516 e. The Hall–Kier alpha value is -0.960. The summed E-state index contributed by atoms with van der Waals surface area (Å²) in [6, 6.07) is 0. The molecule has 10 heavy (non-hydrogen) atoms. The molecule has 0 bridgehead atoms. The predicted octanol–water partition coefficient (Wildman–Crippen LogP) is 1.80. The lowest BCUT2D eigenvalue weighted by Crippen LogP contribution is -1.87. The third kappa shape index (κ3) is 61.7. The molecule has 0 heterocycles. The predicted molar refractivity (Wildman–Crippen MR) is 42.0 cm³/mol. The van der Waals surface area contributed by atoms with E-state index in [9.17, 15) is 4.79 Å². The molecule has 0 rings (SSSR count). The Morgan fingerprint density at radius 1 is 1.60 bits per heavy atom. The van der Waals surface area contributed by atoms with E-state index >= 15 is 0 Å². The first kappa shape index (κ1) is 16.0. The highest BCUT2D eigenvalue weighted by molar-refractivity contribution is 5.85. The SMILES string of the molecule is C=CO.C=COC(C)=O.Cl. The molecule has 0 saturated carbocycles. The lowest BCUT2D eigenvalue weighted by molar-refractivity contribution is -0.135. The average molecular weight is 167 g/mol. The minimum atomic E-state index is -0.329. The maximum absolute atomic E-state index is 9.75. The summed E-state index contributed by atoms with van der Waals surface area (Å²) in [6.45, 7) is 7.40. The van der Waals surface area contributed by atoms with Crippen LogP contribution >= 0.6 is 12.4 Å². The molecule has 0 aliphatic rings. The highest BCUT2D eigenvalue weighted by Crippen LogP contribution is 1.70. The normalized spacial score (nSPS) is 5.30. The largest absolute Gasteiger partial charge is 0.516 e. The summed E-state index contributed by atoms with van der Waals surface area (Å²) in [5, 5.41) is 7.33. The number of aliphatic hydroxyl groups excluding tert-OH is 1. The lowest BCUT2D eigenvalue weighted by atomic mass is 10.8. The summed E-state index contributed by atoms with van der Waals surface area (Å²) < 4.78 is 4.17. The smallest absolute Gasteiger partial charge is 0.307 e. The van der Waals surface area contributed by atoms with Crippen LogP contribution in [0.4, 0.5) is 0 Å². The molecule has 1 N–H and O–H groups in total. The Labute approximate surface area is 66.4 Å². The first-order valence-electron chi connectivity index (χ1n) is 2.22. The number of hydrogen-bond donors (Lipinski definition) is 1. The summed E-state index contributed by atoms with van der Waals surface area (Å²) in [5.41, 5.74) is 0. The fourth-order valence-electron chi connectivity index (χ4n) is 0.117. The van der Waals surface area contributed by atoms with Crippen LogP contribution in [0.5, 0.6) is 0 Å². The van der Waals surface area contributed by atoms with E-state index in [1.807, 2.05) is 0 Å². The van der Waals surface area contributed by atoms with Gasteiger partial charge in [0.15, 0.2) is 0 Å². The zero-order valence-corrected chi connectivity index (χ0v) is 6.56. The van der Waals surface area contributed by atoms with Crippen molar-refractivity contribution in [2.45, 2.75) is 6.92 Å². The molecule has 0 amide bonds. The van der Waals surface area contributed by atoms with E-state index < -0.39 is 0 Å². The van der Waals surface area contributed by atoms with Crippen LogP contribution in [0.1, 0.15) is 6.92 Å². The second-order valence-corrected chi connectivity index (χ2v) is 0.959. The first-order valence-corrected chi connectivity index (χ1v) is 2.22. The number of esters is 1. The maximum atomic E-state index is 9.75. The number of ether oxygens (including phenoxy) is 1. The van der Waals surface area contributed by atoms with Crippen LogP contribution in [-0.2, 0) is 9.53 Å². The Bertz CT molecular complexity index is 101. The molecule has 0 unspecified atom stereocenters. The molecule has 0 aromatic carbocycles. The van der Waals surface area contributed by atoms with Crippen molar-refractivity contribution < 1.29 is 14.6 Å². The molecule has 0 aliphatic heterocycles. The number of rotatable bonds is 1. The van der Waals surface area contributed by atoms with Crippen LogP contribution in [-0.4, -0.2) is 11.1 Å². The number of aliphatic hydroxyl groups is 1. The molecule has 60 valence electrons. The van der Waals surface area contributed by atoms with Gasteiger partial charge in [-0.15, -0.1) is 12.4 Å². The van der Waals surface area contributed by atoms with Crippen LogP contribution in [0.2, 0.25) is 0 Å². The minimum absolute atomic E-state index is 0. The fourth-order valence-corrected chi connectivity index (χ4v) is 0.117. The monoisotopic (exact) mass is 166 g/mol. The summed E-state index contributed by atoms with van der Waals surface area (Å²) in [6.07, 6.45) is 1.85. The number of carbonyl (C=O) groups excluding carboxylic acids is 1.